The molecule has 0 aromatic heterocycles. The number of amides is 1. The Kier molecular flexibility index (Phi) is 8.12. The highest BCUT2D eigenvalue weighted by Gasteiger charge is 2.37. The van der Waals surface area contributed by atoms with Crippen LogP contribution in [0.4, 0.5) is 0 Å². The molecular weight excluding hydrogens is 360 g/mol. The predicted octanol–water partition coefficient (Wildman–Crippen LogP) is 1.91. The molecule has 1 N–H and O–H groups in total. The van der Waals surface area contributed by atoms with Gasteiger partial charge >= 0.3 is 0 Å². The van der Waals surface area contributed by atoms with Gasteiger partial charge in [-0.2, -0.15) is 0 Å². The molecular formula is C19H38N4O3Si. The average molecular weight is 399 g/mol. The molecule has 27 heavy (non-hydrogen) atoms. The van der Waals surface area contributed by atoms with E-state index in [4.69, 9.17) is 9.16 Å². The molecule has 7 nitrogen and oxygen atoms in total. The number of ether oxygens (including phenoxy) is 1. The van der Waals surface area contributed by atoms with E-state index in [0.29, 0.717) is 26.3 Å². The maximum absolute atomic E-state index is 11.9. The number of hydrogen-bond donors (Lipinski definition) is 1. The van der Waals surface area contributed by atoms with Crippen LogP contribution in [-0.2, 0) is 14.0 Å². The van der Waals surface area contributed by atoms with Crippen molar-refractivity contribution >= 4 is 20.2 Å². The average Bonchev–Trinajstić information content (AvgIpc) is 2.66. The number of hydrogen-bond acceptors (Lipinski definition) is 6. The Morgan fingerprint density at radius 1 is 1.19 bits per heavy atom. The molecule has 0 aromatic carbocycles. The molecule has 156 valence electrons. The second kappa shape index (κ2) is 9.89. The Morgan fingerprint density at radius 3 is 2.48 bits per heavy atom. The molecule has 3 rings (SSSR count). The minimum atomic E-state index is -1.81. The molecule has 0 aromatic rings. The van der Waals surface area contributed by atoms with Crippen molar-refractivity contribution in [3.05, 3.63) is 0 Å². The zero-order chi connectivity index (χ0) is 19.9. The summed E-state index contributed by atoms with van der Waals surface area (Å²) in [6, 6.07) is 0. The maximum atomic E-state index is 11.9. The fraction of sp³-hybridized carbons (Fsp3) is 0.895. The maximum Gasteiger partial charge on any atom is 0.247 e. The third-order valence-electron chi connectivity index (χ3n) is 5.76. The van der Waals surface area contributed by atoms with Crippen LogP contribution in [0.25, 0.3) is 0 Å². The van der Waals surface area contributed by atoms with Crippen LogP contribution in [-0.4, -0.2) is 89.1 Å². The van der Waals surface area contributed by atoms with Crippen molar-refractivity contribution in [2.45, 2.75) is 51.7 Å². The highest BCUT2D eigenvalue weighted by Crippen LogP contribution is 2.36. The van der Waals surface area contributed by atoms with Gasteiger partial charge in [0, 0.05) is 39.3 Å². The van der Waals surface area contributed by atoms with Crippen LogP contribution in [0.15, 0.2) is 4.99 Å². The van der Waals surface area contributed by atoms with Crippen LogP contribution in [0, 0.1) is 0 Å². The smallest absolute Gasteiger partial charge is 0.247 e. The third kappa shape index (κ3) is 6.76. The van der Waals surface area contributed by atoms with Crippen molar-refractivity contribution in [2.24, 2.45) is 4.99 Å². The minimum absolute atomic E-state index is 0.0955. The summed E-state index contributed by atoms with van der Waals surface area (Å²) >= 11 is 0. The molecule has 0 aliphatic carbocycles. The lowest BCUT2D eigenvalue weighted by Gasteiger charge is -2.36. The summed E-state index contributed by atoms with van der Waals surface area (Å²) in [7, 11) is -1.81. The van der Waals surface area contributed by atoms with Gasteiger partial charge < -0.3 is 24.3 Å². The molecule has 2 fully saturated rings. The minimum Gasteiger partial charge on any atom is -0.408 e. The summed E-state index contributed by atoms with van der Waals surface area (Å²) in [5, 5.41) is 3.45. The zero-order valence-corrected chi connectivity index (χ0v) is 18.8. The van der Waals surface area contributed by atoms with Gasteiger partial charge in [0.2, 0.25) is 5.91 Å². The summed E-state index contributed by atoms with van der Waals surface area (Å²) < 4.78 is 11.1. The number of nitrogens with zero attached hydrogens (tertiary/aromatic N) is 3. The normalized spacial score (nSPS) is 20.7. The van der Waals surface area contributed by atoms with Gasteiger partial charge in [-0.05, 0) is 31.0 Å². The number of morpholine rings is 1. The Morgan fingerprint density at radius 2 is 1.85 bits per heavy atom. The lowest BCUT2D eigenvalue weighted by atomic mass is 10.2. The second-order valence-corrected chi connectivity index (χ2v) is 13.7. The number of fused-ring (bicyclic) bond motifs is 1. The topological polar surface area (TPSA) is 66.4 Å². The Bertz CT molecular complexity index is 514. The van der Waals surface area contributed by atoms with Crippen LogP contribution < -0.4 is 5.32 Å². The summed E-state index contributed by atoms with van der Waals surface area (Å²) in [6.07, 6.45) is 2.49. The molecule has 0 unspecified atom stereocenters. The van der Waals surface area contributed by atoms with E-state index in [9.17, 15) is 4.79 Å². The number of nitrogens with one attached hydrogen (secondary N) is 1. The van der Waals surface area contributed by atoms with Gasteiger partial charge in [0.15, 0.2) is 14.3 Å². The molecule has 0 radical (unpaired) electrons. The lowest BCUT2D eigenvalue weighted by Crippen LogP contribution is -2.49. The van der Waals surface area contributed by atoms with E-state index in [-0.39, 0.29) is 17.6 Å². The Hall–Kier alpha value is -1.12. The second-order valence-electron chi connectivity index (χ2n) is 8.87. The zero-order valence-electron chi connectivity index (χ0n) is 17.8. The number of guanidine groups is 1. The molecule has 3 aliphatic heterocycles. The van der Waals surface area contributed by atoms with Gasteiger partial charge in [0.1, 0.15) is 6.61 Å². The van der Waals surface area contributed by atoms with Gasteiger partial charge in [0.25, 0.3) is 0 Å². The molecule has 3 heterocycles. The first kappa shape index (κ1) is 22.2. The summed E-state index contributed by atoms with van der Waals surface area (Å²) in [4.78, 5) is 20.5. The van der Waals surface area contributed by atoms with Crippen LogP contribution in [0.2, 0.25) is 18.1 Å². The van der Waals surface area contributed by atoms with Gasteiger partial charge in [-0.25, -0.2) is 0 Å². The molecule has 2 saturated heterocycles. The molecule has 0 bridgehead atoms. The number of aliphatic imine (C=N–C) groups is 1. The summed E-state index contributed by atoms with van der Waals surface area (Å²) in [5.74, 6) is 1.23. The van der Waals surface area contributed by atoms with Crippen LogP contribution in [0.5, 0.6) is 0 Å². The quantitative estimate of drug-likeness (QED) is 0.736. The highest BCUT2D eigenvalue weighted by atomic mass is 28.4. The number of rotatable bonds is 3. The van der Waals surface area contributed by atoms with Crippen molar-refractivity contribution in [1.29, 1.82) is 0 Å². The first-order valence-corrected chi connectivity index (χ1v) is 13.1. The Balaban J connectivity index is 0.000000219. The first-order chi connectivity index (χ1) is 12.7. The van der Waals surface area contributed by atoms with Crippen molar-refractivity contribution in [3.63, 3.8) is 0 Å². The molecule has 3 aliphatic rings. The van der Waals surface area contributed by atoms with E-state index in [1.54, 1.807) is 0 Å². The fourth-order valence-electron chi connectivity index (χ4n) is 2.87. The summed E-state index contributed by atoms with van der Waals surface area (Å²) in [5.41, 5.74) is 0. The third-order valence-corrected chi connectivity index (χ3v) is 10.2. The van der Waals surface area contributed by atoms with Crippen molar-refractivity contribution in [2.75, 3.05) is 59.1 Å². The van der Waals surface area contributed by atoms with E-state index in [1.807, 2.05) is 4.90 Å². The molecule has 0 saturated carbocycles. The van der Waals surface area contributed by atoms with Crippen LogP contribution in [0.1, 0.15) is 33.6 Å². The molecule has 1 amide bonds. The molecule has 8 heteroatoms. The predicted molar refractivity (Wildman–Crippen MR) is 112 cm³/mol. The monoisotopic (exact) mass is 398 g/mol. The van der Waals surface area contributed by atoms with E-state index < -0.39 is 8.32 Å². The Labute approximate surface area is 165 Å². The van der Waals surface area contributed by atoms with E-state index in [0.717, 1.165) is 19.0 Å². The highest BCUT2D eigenvalue weighted by molar-refractivity contribution is 6.74. The van der Waals surface area contributed by atoms with E-state index >= 15 is 0 Å². The van der Waals surface area contributed by atoms with E-state index in [2.05, 4.69) is 49.1 Å². The standard InChI is InChI=1S/C12H25NO3Si.C7H13N3/c1-12(2,3)17(4,5)16-10-11(14)13-6-8-15-9-7-13;1-3-8-7-9-4-2-6-10(7)5-1/h6-10H2,1-5H3;1-6H2,(H,8,9). The van der Waals surface area contributed by atoms with Gasteiger partial charge in [-0.3, -0.25) is 9.79 Å². The van der Waals surface area contributed by atoms with Gasteiger partial charge in [0.05, 0.1) is 13.2 Å². The van der Waals surface area contributed by atoms with Crippen molar-refractivity contribution in [1.82, 2.24) is 15.1 Å². The summed E-state index contributed by atoms with van der Waals surface area (Å²) in [6.45, 7) is 18.3. The molecule has 0 atom stereocenters. The number of carbonyl (C=O) groups is 1. The number of carbonyl (C=O) groups excluding carboxylic acids is 1. The van der Waals surface area contributed by atoms with E-state index in [1.165, 1.54) is 25.9 Å². The molecule has 0 spiro atoms. The van der Waals surface area contributed by atoms with Crippen LogP contribution >= 0.6 is 0 Å². The fourth-order valence-corrected chi connectivity index (χ4v) is 3.79. The largest absolute Gasteiger partial charge is 0.408 e. The van der Waals surface area contributed by atoms with Crippen LogP contribution in [0.3, 0.4) is 0 Å². The van der Waals surface area contributed by atoms with Crippen molar-refractivity contribution in [3.8, 4) is 0 Å². The SMILES string of the molecule is C1CN=C2NCCCN2C1.CC(C)(C)[Si](C)(C)OCC(=O)N1CCOCC1. The van der Waals surface area contributed by atoms with Gasteiger partial charge in [-0.15, -0.1) is 0 Å². The lowest BCUT2D eigenvalue weighted by molar-refractivity contribution is -0.137. The van der Waals surface area contributed by atoms with Crippen molar-refractivity contribution < 1.29 is 14.0 Å². The van der Waals surface area contributed by atoms with Gasteiger partial charge in [-0.1, -0.05) is 20.8 Å². The first-order valence-electron chi connectivity index (χ1n) is 10.2.